The van der Waals surface area contributed by atoms with Crippen molar-refractivity contribution >= 4 is 52.8 Å². The molecule has 0 radical (unpaired) electrons. The highest BCUT2D eigenvalue weighted by atomic mass is 32.2. The molecule has 0 saturated heterocycles. The van der Waals surface area contributed by atoms with Crippen molar-refractivity contribution in [1.82, 2.24) is 0 Å². The second kappa shape index (κ2) is 32.1. The molecule has 5 heteroatoms. The average molecular weight is 551 g/mol. The molecule has 0 bridgehead atoms. The first-order valence-electron chi connectivity index (χ1n) is 14.6. The topological polar surface area (TPSA) is 17.1 Å². The number of carbonyl (C=O) groups excluding carboxylic acids is 1. The number of hydrogen-bond acceptors (Lipinski definition) is 5. The van der Waals surface area contributed by atoms with Crippen LogP contribution in [0, 0.1) is 0 Å². The van der Waals surface area contributed by atoms with Gasteiger partial charge in [-0.15, -0.1) is 0 Å². The molecule has 204 valence electrons. The molecule has 1 nitrogen and oxygen atoms in total. The van der Waals surface area contributed by atoms with Crippen LogP contribution in [0.1, 0.15) is 129 Å². The summed E-state index contributed by atoms with van der Waals surface area (Å²) in [6, 6.07) is 0. The maximum atomic E-state index is 12.1. The van der Waals surface area contributed by atoms with Crippen LogP contribution < -0.4 is 0 Å². The number of Topliss-reactive ketones (excluding diaryl/α,β-unsaturated/α-hetero) is 1. The Bertz CT molecular complexity index is 358. The standard InChI is InChI=1S/C29H58OS4/c1-3-5-21-31-25-27-33-23-17-13-9-7-11-15-19-29(30)20-16-12-8-10-14-18-24-34-28-26-32-22-6-4-2/h3-28H2,1-2H3. The predicted octanol–water partition coefficient (Wildman–Crippen LogP) is 10.5. The van der Waals surface area contributed by atoms with E-state index in [0.29, 0.717) is 5.78 Å². The van der Waals surface area contributed by atoms with Gasteiger partial charge in [0.05, 0.1) is 0 Å². The maximum Gasteiger partial charge on any atom is 0.132 e. The van der Waals surface area contributed by atoms with Gasteiger partial charge in [0, 0.05) is 35.9 Å². The Morgan fingerprint density at radius 1 is 0.382 bits per heavy atom. The van der Waals surface area contributed by atoms with Gasteiger partial charge in [0.1, 0.15) is 5.78 Å². The molecule has 0 fully saturated rings. The van der Waals surface area contributed by atoms with Gasteiger partial charge in [0.15, 0.2) is 0 Å². The molecule has 0 aromatic heterocycles. The number of carbonyl (C=O) groups is 1. The Balaban J connectivity index is 3.14. The van der Waals surface area contributed by atoms with E-state index >= 15 is 0 Å². The fourth-order valence-corrected chi connectivity index (χ4v) is 8.23. The van der Waals surface area contributed by atoms with Gasteiger partial charge in [-0.1, -0.05) is 78.1 Å². The molecule has 0 aromatic carbocycles. The molecule has 0 aliphatic carbocycles. The number of rotatable bonds is 30. The molecule has 34 heavy (non-hydrogen) atoms. The van der Waals surface area contributed by atoms with Crippen molar-refractivity contribution in [3.8, 4) is 0 Å². The summed E-state index contributed by atoms with van der Waals surface area (Å²) in [5, 5.41) is 0. The van der Waals surface area contributed by atoms with Gasteiger partial charge in [-0.3, -0.25) is 4.79 Å². The van der Waals surface area contributed by atoms with Crippen LogP contribution >= 0.6 is 47.0 Å². The Labute approximate surface area is 232 Å². The van der Waals surface area contributed by atoms with Crippen LogP contribution in [0.5, 0.6) is 0 Å². The number of unbranched alkanes of at least 4 members (excludes halogenated alkanes) is 12. The first-order valence-corrected chi connectivity index (χ1v) is 19.3. The van der Waals surface area contributed by atoms with E-state index in [1.54, 1.807) is 0 Å². The van der Waals surface area contributed by atoms with E-state index in [4.69, 9.17) is 0 Å². The summed E-state index contributed by atoms with van der Waals surface area (Å²) < 4.78 is 0. The van der Waals surface area contributed by atoms with E-state index in [1.165, 1.54) is 136 Å². The van der Waals surface area contributed by atoms with E-state index in [9.17, 15) is 4.79 Å². The number of thioether (sulfide) groups is 4. The zero-order valence-corrected chi connectivity index (χ0v) is 26.2. The van der Waals surface area contributed by atoms with Crippen molar-refractivity contribution in [3.63, 3.8) is 0 Å². The van der Waals surface area contributed by atoms with Crippen LogP contribution in [0.25, 0.3) is 0 Å². The normalized spacial score (nSPS) is 11.4. The van der Waals surface area contributed by atoms with E-state index in [-0.39, 0.29) is 0 Å². The van der Waals surface area contributed by atoms with Gasteiger partial charge >= 0.3 is 0 Å². The maximum absolute atomic E-state index is 12.1. The molecule has 0 aliphatic rings. The summed E-state index contributed by atoms with van der Waals surface area (Å²) in [5.74, 6) is 11.2. The van der Waals surface area contributed by atoms with Crippen molar-refractivity contribution in [1.29, 1.82) is 0 Å². The third kappa shape index (κ3) is 31.1. The van der Waals surface area contributed by atoms with E-state index in [2.05, 4.69) is 60.9 Å². The molecule has 0 aliphatic heterocycles. The Hall–Kier alpha value is 1.07. The number of hydrogen-bond donors (Lipinski definition) is 0. The number of ketones is 1. The monoisotopic (exact) mass is 550 g/mol. The van der Waals surface area contributed by atoms with E-state index in [0.717, 1.165) is 25.7 Å². The summed E-state index contributed by atoms with van der Waals surface area (Å²) >= 11 is 8.52. The van der Waals surface area contributed by atoms with E-state index < -0.39 is 0 Å². The lowest BCUT2D eigenvalue weighted by Gasteiger charge is -2.04. The highest BCUT2D eigenvalue weighted by molar-refractivity contribution is 8.03. The Morgan fingerprint density at radius 3 is 1.03 bits per heavy atom. The molecule has 0 spiro atoms. The summed E-state index contributed by atoms with van der Waals surface area (Å²) in [7, 11) is 0. The Kier molecular flexibility index (Phi) is 33.1. The summed E-state index contributed by atoms with van der Waals surface area (Å²) in [6.07, 6.45) is 22.7. The average Bonchev–Trinajstić information content (AvgIpc) is 2.84. The molecule has 0 aromatic rings. The lowest BCUT2D eigenvalue weighted by molar-refractivity contribution is -0.119. The third-order valence-corrected chi connectivity index (χ3v) is 10.8. The molecule has 0 amide bonds. The van der Waals surface area contributed by atoms with Crippen molar-refractivity contribution in [2.75, 3.05) is 46.0 Å². The van der Waals surface area contributed by atoms with Gasteiger partial charge in [-0.05, 0) is 61.5 Å². The smallest absolute Gasteiger partial charge is 0.132 e. The molecule has 0 heterocycles. The van der Waals surface area contributed by atoms with Gasteiger partial charge in [0.25, 0.3) is 0 Å². The van der Waals surface area contributed by atoms with Crippen LogP contribution in [-0.4, -0.2) is 51.8 Å². The molecule has 0 N–H and O–H groups in total. The lowest BCUT2D eigenvalue weighted by atomic mass is 10.0. The molecular formula is C29H58OS4. The minimum absolute atomic E-state index is 0.515. The quantitative estimate of drug-likeness (QED) is 0.0825. The van der Waals surface area contributed by atoms with Gasteiger partial charge in [-0.2, -0.15) is 47.0 Å². The van der Waals surface area contributed by atoms with Crippen LogP contribution in [0.15, 0.2) is 0 Å². The van der Waals surface area contributed by atoms with Crippen LogP contribution in [0.3, 0.4) is 0 Å². The van der Waals surface area contributed by atoms with Crippen molar-refractivity contribution in [2.45, 2.75) is 129 Å². The summed E-state index contributed by atoms with van der Waals surface area (Å²) in [6.45, 7) is 4.54. The van der Waals surface area contributed by atoms with Crippen LogP contribution in [0.2, 0.25) is 0 Å². The highest BCUT2D eigenvalue weighted by Crippen LogP contribution is 2.15. The van der Waals surface area contributed by atoms with Crippen LogP contribution in [-0.2, 0) is 4.79 Å². The largest absolute Gasteiger partial charge is 0.300 e. The first kappa shape index (κ1) is 35.1. The van der Waals surface area contributed by atoms with Gasteiger partial charge in [0.2, 0.25) is 0 Å². The third-order valence-electron chi connectivity index (χ3n) is 6.02. The van der Waals surface area contributed by atoms with Crippen molar-refractivity contribution in [2.24, 2.45) is 0 Å². The fraction of sp³-hybridized carbons (Fsp3) is 0.966. The molecule has 0 rings (SSSR count). The molecule has 0 atom stereocenters. The minimum Gasteiger partial charge on any atom is -0.300 e. The first-order chi connectivity index (χ1) is 16.8. The van der Waals surface area contributed by atoms with Gasteiger partial charge in [-0.25, -0.2) is 0 Å². The molecule has 0 saturated carbocycles. The summed E-state index contributed by atoms with van der Waals surface area (Å²) in [5.41, 5.74) is 0. The van der Waals surface area contributed by atoms with Crippen molar-refractivity contribution < 1.29 is 4.79 Å². The fourth-order valence-electron chi connectivity index (χ4n) is 3.73. The lowest BCUT2D eigenvalue weighted by Crippen LogP contribution is -1.97. The van der Waals surface area contributed by atoms with Crippen molar-refractivity contribution in [3.05, 3.63) is 0 Å². The second-order valence-electron chi connectivity index (χ2n) is 9.44. The van der Waals surface area contributed by atoms with E-state index in [1.807, 2.05) is 0 Å². The molecule has 0 unspecified atom stereocenters. The second-order valence-corrected chi connectivity index (χ2v) is 14.3. The Morgan fingerprint density at radius 2 is 0.676 bits per heavy atom. The zero-order valence-electron chi connectivity index (χ0n) is 22.9. The minimum atomic E-state index is 0.515. The molecular weight excluding hydrogens is 493 g/mol. The predicted molar refractivity (Wildman–Crippen MR) is 169 cm³/mol. The van der Waals surface area contributed by atoms with Gasteiger partial charge < -0.3 is 0 Å². The highest BCUT2D eigenvalue weighted by Gasteiger charge is 2.02. The van der Waals surface area contributed by atoms with Crippen LogP contribution in [0.4, 0.5) is 0 Å². The summed E-state index contributed by atoms with van der Waals surface area (Å²) in [4.78, 5) is 12.1. The zero-order chi connectivity index (χ0) is 24.8. The SMILES string of the molecule is CCCCSCCSCCCCCCCCC(=O)CCCCCCCCSCCSCCCC.